The average Bonchev–Trinajstić information content (AvgIpc) is 3.54. The standard InChI is InChI=1S/C22H34FN3O4/c1-14(2)9-17(13-29-15(3)23)24-21(27)19-7-8-20(26-10-18(11-26)28-4)22(25-19)30-12-16-5-6-16/h7-8,14-18H,5-6,9-13H2,1-4H3,(H,24,27)/t15?,17-/m0/s1/i3D2. The van der Waals surface area contributed by atoms with Gasteiger partial charge in [0, 0.05) is 22.9 Å². The van der Waals surface area contributed by atoms with Crippen LogP contribution in [0.5, 0.6) is 5.88 Å². The van der Waals surface area contributed by atoms with Gasteiger partial charge in [0.2, 0.25) is 5.88 Å². The number of hydrogen-bond donors (Lipinski definition) is 1. The molecule has 1 saturated carbocycles. The van der Waals surface area contributed by atoms with E-state index in [0.717, 1.165) is 31.6 Å². The fourth-order valence-electron chi connectivity index (χ4n) is 3.38. The van der Waals surface area contributed by atoms with Gasteiger partial charge in [0.25, 0.3) is 5.91 Å². The highest BCUT2D eigenvalue weighted by Gasteiger charge is 2.31. The molecule has 1 unspecified atom stereocenters. The van der Waals surface area contributed by atoms with Crippen molar-refractivity contribution in [3.8, 4) is 5.88 Å². The van der Waals surface area contributed by atoms with E-state index < -0.39 is 25.2 Å². The van der Waals surface area contributed by atoms with Crippen LogP contribution in [0, 0.1) is 11.8 Å². The molecule has 168 valence electrons. The van der Waals surface area contributed by atoms with Gasteiger partial charge in [-0.25, -0.2) is 9.37 Å². The number of methoxy groups -OCH3 is 1. The fourth-order valence-corrected chi connectivity index (χ4v) is 3.38. The molecular weight excluding hydrogens is 389 g/mol. The van der Waals surface area contributed by atoms with Crippen molar-refractivity contribution in [1.82, 2.24) is 10.3 Å². The Bertz CT molecular complexity index is 761. The van der Waals surface area contributed by atoms with Crippen LogP contribution in [0.2, 0.25) is 0 Å². The molecule has 0 bridgehead atoms. The molecule has 3 rings (SSSR count). The first-order chi connectivity index (χ1) is 15.3. The van der Waals surface area contributed by atoms with E-state index in [1.54, 1.807) is 13.2 Å². The van der Waals surface area contributed by atoms with Crippen molar-refractivity contribution in [3.63, 3.8) is 0 Å². The van der Waals surface area contributed by atoms with Gasteiger partial charge >= 0.3 is 0 Å². The van der Waals surface area contributed by atoms with Gasteiger partial charge in [-0.1, -0.05) is 13.8 Å². The number of carbonyl (C=O) groups excluding carboxylic acids is 1. The molecule has 1 amide bonds. The van der Waals surface area contributed by atoms with E-state index >= 15 is 0 Å². The van der Waals surface area contributed by atoms with E-state index in [-0.39, 0.29) is 24.3 Å². The van der Waals surface area contributed by atoms with Gasteiger partial charge in [-0.05, 0) is 50.1 Å². The Balaban J connectivity index is 1.68. The lowest BCUT2D eigenvalue weighted by atomic mass is 10.0. The second-order valence-corrected chi connectivity index (χ2v) is 8.52. The number of ether oxygens (including phenoxy) is 3. The van der Waals surface area contributed by atoms with Crippen LogP contribution in [0.4, 0.5) is 10.1 Å². The molecule has 2 heterocycles. The van der Waals surface area contributed by atoms with Gasteiger partial charge in [-0.3, -0.25) is 4.79 Å². The van der Waals surface area contributed by atoms with Gasteiger partial charge in [0.05, 0.1) is 25.4 Å². The molecule has 1 aliphatic carbocycles. The minimum absolute atomic E-state index is 0.116. The number of nitrogens with one attached hydrogen (secondary N) is 1. The van der Waals surface area contributed by atoms with Crippen LogP contribution in [0.3, 0.4) is 0 Å². The van der Waals surface area contributed by atoms with Crippen molar-refractivity contribution in [2.24, 2.45) is 11.8 Å². The highest BCUT2D eigenvalue weighted by Crippen LogP contribution is 2.34. The lowest BCUT2D eigenvalue weighted by Gasteiger charge is -2.40. The first-order valence-electron chi connectivity index (χ1n) is 11.7. The monoisotopic (exact) mass is 425 g/mol. The molecule has 0 spiro atoms. The van der Waals surface area contributed by atoms with E-state index in [1.807, 2.05) is 19.9 Å². The SMILES string of the molecule is [2H]C([2H])C(F)OC[C@H](CC(C)C)NC(=O)c1ccc(N2CC(OC)C2)c(OCC2CC2)n1. The zero-order valence-corrected chi connectivity index (χ0v) is 18.0. The Morgan fingerprint density at radius 3 is 2.80 bits per heavy atom. The van der Waals surface area contributed by atoms with Crippen LogP contribution in [0.15, 0.2) is 12.1 Å². The van der Waals surface area contributed by atoms with Crippen molar-refractivity contribution in [2.45, 2.75) is 58.5 Å². The van der Waals surface area contributed by atoms with E-state index in [4.69, 9.17) is 17.0 Å². The number of carbonyl (C=O) groups is 1. The first kappa shape index (κ1) is 20.0. The Kier molecular flexibility index (Phi) is 6.93. The Morgan fingerprint density at radius 2 is 2.17 bits per heavy atom. The lowest BCUT2D eigenvalue weighted by Crippen LogP contribution is -2.52. The summed E-state index contributed by atoms with van der Waals surface area (Å²) in [5.41, 5.74) is 1.06. The third kappa shape index (κ3) is 6.54. The Morgan fingerprint density at radius 1 is 1.40 bits per heavy atom. The van der Waals surface area contributed by atoms with Crippen molar-refractivity contribution >= 4 is 11.6 Å². The predicted octanol–water partition coefficient (Wildman–Crippen LogP) is 3.18. The van der Waals surface area contributed by atoms with Crippen LogP contribution in [0.1, 0.15) is 53.2 Å². The topological polar surface area (TPSA) is 72.9 Å². The summed E-state index contributed by atoms with van der Waals surface area (Å²) in [7, 11) is 1.69. The molecule has 2 fully saturated rings. The maximum Gasteiger partial charge on any atom is 0.270 e. The third-order valence-electron chi connectivity index (χ3n) is 5.30. The number of alkyl halides is 1. The minimum Gasteiger partial charge on any atom is -0.476 e. The molecule has 2 atom stereocenters. The van der Waals surface area contributed by atoms with Crippen molar-refractivity contribution in [1.29, 1.82) is 0 Å². The van der Waals surface area contributed by atoms with E-state index in [0.29, 0.717) is 24.8 Å². The van der Waals surface area contributed by atoms with Crippen molar-refractivity contribution < 1.29 is 26.1 Å². The van der Waals surface area contributed by atoms with Crippen LogP contribution in [0.25, 0.3) is 0 Å². The number of hydrogen-bond acceptors (Lipinski definition) is 6. The first-order valence-corrected chi connectivity index (χ1v) is 10.6. The fraction of sp³-hybridized carbons (Fsp3) is 0.727. The summed E-state index contributed by atoms with van der Waals surface area (Å²) in [5.74, 6) is 0.817. The van der Waals surface area contributed by atoms with Crippen LogP contribution < -0.4 is 15.0 Å². The normalized spacial score (nSPS) is 19.9. The minimum atomic E-state index is -2.02. The second kappa shape index (κ2) is 10.4. The largest absolute Gasteiger partial charge is 0.476 e. The van der Waals surface area contributed by atoms with Crippen LogP contribution >= 0.6 is 0 Å². The number of amides is 1. The molecule has 1 aromatic heterocycles. The molecule has 1 aromatic rings. The molecule has 0 radical (unpaired) electrons. The lowest BCUT2D eigenvalue weighted by molar-refractivity contribution is -0.0349. The maximum absolute atomic E-state index is 13.6. The number of rotatable bonds is 12. The number of nitrogens with zero attached hydrogens (tertiary/aromatic N) is 2. The molecule has 2 aliphatic rings. The number of anilines is 1. The van der Waals surface area contributed by atoms with Gasteiger partial charge in [0.1, 0.15) is 11.4 Å². The number of pyridine rings is 1. The van der Waals surface area contributed by atoms with Gasteiger partial charge in [-0.2, -0.15) is 0 Å². The summed E-state index contributed by atoms with van der Waals surface area (Å²) in [4.78, 5) is 19.5. The van der Waals surface area contributed by atoms with Gasteiger partial charge in [-0.15, -0.1) is 0 Å². The van der Waals surface area contributed by atoms with E-state index in [9.17, 15) is 9.18 Å². The van der Waals surface area contributed by atoms with Gasteiger partial charge < -0.3 is 24.4 Å². The molecule has 0 aromatic carbocycles. The number of halogens is 1. The van der Waals surface area contributed by atoms with Crippen molar-refractivity contribution in [3.05, 3.63) is 17.8 Å². The quantitative estimate of drug-likeness (QED) is 0.555. The Labute approximate surface area is 181 Å². The number of aromatic nitrogens is 1. The zero-order valence-electron chi connectivity index (χ0n) is 20.0. The molecule has 1 aliphatic heterocycles. The molecular formula is C22H34FN3O4. The van der Waals surface area contributed by atoms with Crippen LogP contribution in [-0.2, 0) is 9.47 Å². The predicted molar refractivity (Wildman–Crippen MR) is 113 cm³/mol. The molecule has 8 heteroatoms. The molecule has 1 saturated heterocycles. The van der Waals surface area contributed by atoms with Crippen molar-refractivity contribution in [2.75, 3.05) is 38.3 Å². The highest BCUT2D eigenvalue weighted by molar-refractivity contribution is 5.93. The summed E-state index contributed by atoms with van der Waals surface area (Å²) in [6.45, 7) is 4.20. The summed E-state index contributed by atoms with van der Waals surface area (Å²) >= 11 is 0. The summed E-state index contributed by atoms with van der Waals surface area (Å²) < 4.78 is 44.0. The maximum atomic E-state index is 13.6. The summed E-state index contributed by atoms with van der Waals surface area (Å²) in [5, 5.41) is 2.85. The summed E-state index contributed by atoms with van der Waals surface area (Å²) in [6, 6.07) is 3.03. The second-order valence-electron chi connectivity index (χ2n) is 8.52. The molecule has 1 N–H and O–H groups in total. The molecule has 30 heavy (non-hydrogen) atoms. The summed E-state index contributed by atoms with van der Waals surface area (Å²) in [6.07, 6.45) is 1.02. The van der Waals surface area contributed by atoms with Gasteiger partial charge in [0.15, 0.2) is 6.36 Å². The molecule has 7 nitrogen and oxygen atoms in total. The smallest absolute Gasteiger partial charge is 0.270 e. The Hall–Kier alpha value is -1.93. The van der Waals surface area contributed by atoms with E-state index in [1.165, 1.54) is 0 Å². The van der Waals surface area contributed by atoms with Crippen LogP contribution in [-0.4, -0.2) is 62.8 Å². The van der Waals surface area contributed by atoms with E-state index in [2.05, 4.69) is 15.2 Å². The average molecular weight is 426 g/mol. The third-order valence-corrected chi connectivity index (χ3v) is 5.30. The highest BCUT2D eigenvalue weighted by atomic mass is 19.1. The zero-order chi connectivity index (χ0) is 23.3.